The number of hydrogen-bond acceptors (Lipinski definition) is 4. The van der Waals surface area contributed by atoms with Crippen LogP contribution in [-0.2, 0) is 20.9 Å². The summed E-state index contributed by atoms with van der Waals surface area (Å²) < 4.78 is 1.90. The minimum atomic E-state index is -0.206. The number of nitrogens with one attached hydrogen (secondary N) is 1. The first-order valence-corrected chi connectivity index (χ1v) is 11.7. The first-order valence-electron chi connectivity index (χ1n) is 11.7. The first kappa shape index (κ1) is 21.8. The van der Waals surface area contributed by atoms with Crippen molar-refractivity contribution in [2.45, 2.75) is 58.9 Å². The van der Waals surface area contributed by atoms with Crippen molar-refractivity contribution >= 4 is 17.7 Å². The lowest BCUT2D eigenvalue weighted by Gasteiger charge is -2.34. The molecule has 1 aromatic rings. The molecule has 0 spiro atoms. The van der Waals surface area contributed by atoms with E-state index in [4.69, 9.17) is 0 Å². The number of carbonyl (C=O) groups excluding carboxylic acids is 3. The van der Waals surface area contributed by atoms with Crippen LogP contribution in [0.2, 0.25) is 0 Å². The molecular formula is C23H35N5O3. The summed E-state index contributed by atoms with van der Waals surface area (Å²) >= 11 is 0. The molecule has 2 saturated heterocycles. The Labute approximate surface area is 184 Å². The van der Waals surface area contributed by atoms with Crippen LogP contribution in [0, 0.1) is 31.6 Å². The molecule has 1 N–H and O–H groups in total. The summed E-state index contributed by atoms with van der Waals surface area (Å²) in [5.41, 5.74) is 2.06. The molecule has 3 fully saturated rings. The molecule has 1 saturated carbocycles. The number of aromatic nitrogens is 2. The summed E-state index contributed by atoms with van der Waals surface area (Å²) in [6, 6.07) is 2.02. The fourth-order valence-electron chi connectivity index (χ4n) is 4.77. The fraction of sp³-hybridized carbons (Fsp3) is 0.739. The molecule has 170 valence electrons. The normalized spacial score (nSPS) is 22.3. The number of carbonyl (C=O) groups is 3. The van der Waals surface area contributed by atoms with Gasteiger partial charge in [0.05, 0.1) is 11.6 Å². The van der Waals surface area contributed by atoms with E-state index >= 15 is 0 Å². The van der Waals surface area contributed by atoms with E-state index in [0.29, 0.717) is 44.3 Å². The molecule has 4 rings (SSSR count). The molecule has 1 aromatic heterocycles. The number of hydrogen-bond donors (Lipinski definition) is 1. The Morgan fingerprint density at radius 2 is 1.87 bits per heavy atom. The Hall–Kier alpha value is -2.38. The van der Waals surface area contributed by atoms with Gasteiger partial charge >= 0.3 is 0 Å². The number of nitrogens with zero attached hydrogens (tertiary/aromatic N) is 4. The number of likely N-dealkylation sites (tertiary alicyclic amines) is 2. The molecule has 3 heterocycles. The highest BCUT2D eigenvalue weighted by molar-refractivity contribution is 5.89. The molecule has 0 bridgehead atoms. The van der Waals surface area contributed by atoms with Crippen molar-refractivity contribution in [3.63, 3.8) is 0 Å². The van der Waals surface area contributed by atoms with Gasteiger partial charge in [-0.15, -0.1) is 0 Å². The second kappa shape index (κ2) is 9.40. The highest BCUT2D eigenvalue weighted by Crippen LogP contribution is 2.28. The van der Waals surface area contributed by atoms with Crippen LogP contribution in [0.5, 0.6) is 0 Å². The molecule has 3 amide bonds. The largest absolute Gasteiger partial charge is 0.356 e. The van der Waals surface area contributed by atoms with Crippen molar-refractivity contribution in [3.8, 4) is 0 Å². The van der Waals surface area contributed by atoms with Crippen molar-refractivity contribution < 1.29 is 14.4 Å². The molecule has 2 aliphatic heterocycles. The predicted molar refractivity (Wildman–Crippen MR) is 116 cm³/mol. The third-order valence-electron chi connectivity index (χ3n) is 6.93. The molecule has 0 aromatic carbocycles. The van der Waals surface area contributed by atoms with Crippen molar-refractivity contribution in [3.05, 3.63) is 17.5 Å². The third kappa shape index (κ3) is 5.66. The zero-order valence-electron chi connectivity index (χ0n) is 18.8. The average molecular weight is 430 g/mol. The van der Waals surface area contributed by atoms with Crippen LogP contribution >= 0.6 is 0 Å². The van der Waals surface area contributed by atoms with Gasteiger partial charge in [0.2, 0.25) is 17.7 Å². The van der Waals surface area contributed by atoms with E-state index < -0.39 is 0 Å². The highest BCUT2D eigenvalue weighted by atomic mass is 16.2. The van der Waals surface area contributed by atoms with Crippen LogP contribution < -0.4 is 5.32 Å². The van der Waals surface area contributed by atoms with Crippen molar-refractivity contribution in [2.24, 2.45) is 17.8 Å². The van der Waals surface area contributed by atoms with Gasteiger partial charge in [0, 0.05) is 57.8 Å². The zero-order chi connectivity index (χ0) is 22.0. The molecule has 1 unspecified atom stereocenters. The number of piperidine rings is 1. The van der Waals surface area contributed by atoms with Crippen LogP contribution in [0.1, 0.15) is 49.9 Å². The summed E-state index contributed by atoms with van der Waals surface area (Å²) in [4.78, 5) is 41.1. The van der Waals surface area contributed by atoms with E-state index in [1.165, 1.54) is 12.8 Å². The van der Waals surface area contributed by atoms with Crippen LogP contribution in [0.25, 0.3) is 0 Å². The van der Waals surface area contributed by atoms with Crippen molar-refractivity contribution in [1.29, 1.82) is 0 Å². The van der Waals surface area contributed by atoms with E-state index in [-0.39, 0.29) is 23.6 Å². The minimum Gasteiger partial charge on any atom is -0.356 e. The lowest BCUT2D eigenvalue weighted by molar-refractivity contribution is -0.134. The monoisotopic (exact) mass is 429 g/mol. The molecule has 3 aliphatic rings. The van der Waals surface area contributed by atoms with E-state index in [1.54, 1.807) is 0 Å². The van der Waals surface area contributed by atoms with Gasteiger partial charge < -0.3 is 15.1 Å². The zero-order valence-corrected chi connectivity index (χ0v) is 18.8. The Morgan fingerprint density at radius 3 is 2.52 bits per heavy atom. The Morgan fingerprint density at radius 1 is 1.13 bits per heavy atom. The first-order chi connectivity index (χ1) is 14.9. The van der Waals surface area contributed by atoms with Crippen LogP contribution in [0.15, 0.2) is 6.07 Å². The number of amides is 3. The standard InChI is InChI=1S/C23H35N5O3/c1-16-11-17(2)28(25-16)10-7-21(29)26-8-5-19(6-9-26)14-27-15-20(12-22(27)30)23(31)24-13-18-3-4-18/h11,18-20H,3-10,12-15H2,1-2H3,(H,24,31). The van der Waals surface area contributed by atoms with Crippen molar-refractivity contribution in [1.82, 2.24) is 24.9 Å². The van der Waals surface area contributed by atoms with Gasteiger partial charge in [0.15, 0.2) is 0 Å². The molecular weight excluding hydrogens is 394 g/mol. The van der Waals surface area contributed by atoms with Crippen LogP contribution in [0.4, 0.5) is 0 Å². The Bertz CT molecular complexity index is 823. The molecule has 8 nitrogen and oxygen atoms in total. The number of rotatable bonds is 8. The van der Waals surface area contributed by atoms with E-state index in [0.717, 1.165) is 43.9 Å². The predicted octanol–water partition coefficient (Wildman–Crippen LogP) is 1.50. The lowest BCUT2D eigenvalue weighted by atomic mass is 9.96. The fourth-order valence-corrected chi connectivity index (χ4v) is 4.77. The summed E-state index contributed by atoms with van der Waals surface area (Å²) in [6.07, 6.45) is 5.04. The topological polar surface area (TPSA) is 87.5 Å². The van der Waals surface area contributed by atoms with Crippen molar-refractivity contribution in [2.75, 3.05) is 32.7 Å². The summed E-state index contributed by atoms with van der Waals surface area (Å²) in [5.74, 6) is 1.15. The van der Waals surface area contributed by atoms with Gasteiger partial charge in [0.25, 0.3) is 0 Å². The van der Waals surface area contributed by atoms with Gasteiger partial charge in [-0.2, -0.15) is 5.10 Å². The quantitative estimate of drug-likeness (QED) is 0.678. The minimum absolute atomic E-state index is 0.0331. The summed E-state index contributed by atoms with van der Waals surface area (Å²) in [6.45, 7) is 8.08. The highest BCUT2D eigenvalue weighted by Gasteiger charge is 2.36. The van der Waals surface area contributed by atoms with Gasteiger partial charge in [-0.1, -0.05) is 0 Å². The van der Waals surface area contributed by atoms with Crippen LogP contribution in [0.3, 0.4) is 0 Å². The maximum absolute atomic E-state index is 12.6. The molecule has 1 atom stereocenters. The second-order valence-corrected chi connectivity index (χ2v) is 9.61. The Kier molecular flexibility index (Phi) is 6.62. The van der Waals surface area contributed by atoms with E-state index in [9.17, 15) is 14.4 Å². The SMILES string of the molecule is Cc1cc(C)n(CCC(=O)N2CCC(CN3CC(C(=O)NCC4CC4)CC3=O)CC2)n1. The maximum Gasteiger partial charge on any atom is 0.225 e. The molecule has 8 heteroatoms. The van der Waals surface area contributed by atoms with E-state index in [1.807, 2.05) is 34.4 Å². The van der Waals surface area contributed by atoms with Gasteiger partial charge in [-0.3, -0.25) is 19.1 Å². The van der Waals surface area contributed by atoms with Gasteiger partial charge in [0.1, 0.15) is 0 Å². The molecule has 0 radical (unpaired) electrons. The smallest absolute Gasteiger partial charge is 0.225 e. The molecule has 1 aliphatic carbocycles. The van der Waals surface area contributed by atoms with Gasteiger partial charge in [-0.05, 0) is 57.4 Å². The van der Waals surface area contributed by atoms with Gasteiger partial charge in [-0.25, -0.2) is 0 Å². The summed E-state index contributed by atoms with van der Waals surface area (Å²) in [5, 5.41) is 7.44. The number of aryl methyl sites for hydroxylation is 3. The lowest BCUT2D eigenvalue weighted by Crippen LogP contribution is -2.42. The average Bonchev–Trinajstić information content (AvgIpc) is 3.43. The Balaban J connectivity index is 1.17. The molecule has 31 heavy (non-hydrogen) atoms. The third-order valence-corrected chi connectivity index (χ3v) is 6.93. The second-order valence-electron chi connectivity index (χ2n) is 9.61. The van der Waals surface area contributed by atoms with Crippen LogP contribution in [-0.4, -0.2) is 70.0 Å². The van der Waals surface area contributed by atoms with E-state index in [2.05, 4.69) is 10.4 Å². The maximum atomic E-state index is 12.6. The summed E-state index contributed by atoms with van der Waals surface area (Å²) in [7, 11) is 0.